The smallest absolute Gasteiger partial charge is 0.323 e. The molecule has 0 saturated carbocycles. The highest BCUT2D eigenvalue weighted by Crippen LogP contribution is 2.39. The van der Waals surface area contributed by atoms with Crippen LogP contribution in [0.2, 0.25) is 0 Å². The third-order valence-electron chi connectivity index (χ3n) is 7.95. The van der Waals surface area contributed by atoms with Crippen LogP contribution in [0.15, 0.2) is 83.0 Å². The van der Waals surface area contributed by atoms with Gasteiger partial charge in [-0.3, -0.25) is 9.59 Å². The Hall–Kier alpha value is -4.37. The first-order valence-electron chi connectivity index (χ1n) is 14.0. The van der Waals surface area contributed by atoms with Gasteiger partial charge in [0.1, 0.15) is 0 Å². The number of aryl methyl sites for hydroxylation is 1. The van der Waals surface area contributed by atoms with Crippen molar-refractivity contribution < 1.29 is 9.59 Å². The lowest BCUT2D eigenvalue weighted by Gasteiger charge is -2.44. The van der Waals surface area contributed by atoms with Crippen molar-refractivity contribution in [3.8, 4) is 0 Å². The highest BCUT2D eigenvalue weighted by atomic mass is 32.1. The van der Waals surface area contributed by atoms with Crippen molar-refractivity contribution in [2.24, 2.45) is 5.92 Å². The summed E-state index contributed by atoms with van der Waals surface area (Å²) in [6.45, 7) is 4.70. The summed E-state index contributed by atoms with van der Waals surface area (Å²) in [6.07, 6.45) is 1.95. The second-order valence-corrected chi connectivity index (χ2v) is 11.8. The number of piperidine rings is 1. The number of amides is 3. The van der Waals surface area contributed by atoms with Crippen molar-refractivity contribution in [1.82, 2.24) is 9.88 Å². The van der Waals surface area contributed by atoms with Crippen LogP contribution in [0.1, 0.15) is 45.8 Å². The lowest BCUT2D eigenvalue weighted by atomic mass is 9.83. The maximum absolute atomic E-state index is 13.2. The van der Waals surface area contributed by atoms with E-state index >= 15 is 0 Å². The lowest BCUT2D eigenvalue weighted by Crippen LogP contribution is -2.47. The Balaban J connectivity index is 1.26. The van der Waals surface area contributed by atoms with Crippen LogP contribution < -0.4 is 26.4 Å². The summed E-state index contributed by atoms with van der Waals surface area (Å²) in [5.41, 5.74) is 4.90. The van der Waals surface area contributed by atoms with Gasteiger partial charge in [-0.15, -0.1) is 11.3 Å². The van der Waals surface area contributed by atoms with Gasteiger partial charge in [-0.25, -0.2) is 4.79 Å². The summed E-state index contributed by atoms with van der Waals surface area (Å²) >= 11 is 1.59. The van der Waals surface area contributed by atoms with Crippen molar-refractivity contribution in [3.63, 3.8) is 0 Å². The average molecular weight is 568 g/mol. The molecule has 2 atom stereocenters. The first-order chi connectivity index (χ1) is 20.0. The quantitative estimate of drug-likeness (QED) is 0.268. The van der Waals surface area contributed by atoms with Gasteiger partial charge in [-0.05, 0) is 72.2 Å². The Morgan fingerprint density at radius 3 is 2.59 bits per heavy atom. The van der Waals surface area contributed by atoms with Crippen LogP contribution in [0.5, 0.6) is 0 Å². The summed E-state index contributed by atoms with van der Waals surface area (Å²) in [4.78, 5) is 42.1. The van der Waals surface area contributed by atoms with Crippen LogP contribution in [0, 0.1) is 5.92 Å². The molecule has 2 aliphatic heterocycles. The predicted molar refractivity (Wildman–Crippen MR) is 164 cm³/mol. The maximum Gasteiger partial charge on any atom is 0.323 e. The number of aromatic nitrogens is 1. The molecule has 2 aromatic heterocycles. The average Bonchev–Trinajstić information content (AvgIpc) is 3.50. The van der Waals surface area contributed by atoms with Crippen molar-refractivity contribution in [2.75, 3.05) is 28.6 Å². The van der Waals surface area contributed by atoms with Crippen molar-refractivity contribution in [2.45, 2.75) is 38.8 Å². The molecule has 8 nitrogen and oxygen atoms in total. The molecular weight excluding hydrogens is 534 g/mol. The number of pyridine rings is 1. The molecule has 41 heavy (non-hydrogen) atoms. The van der Waals surface area contributed by atoms with Crippen molar-refractivity contribution in [3.05, 3.63) is 110 Å². The van der Waals surface area contributed by atoms with Gasteiger partial charge in [0.2, 0.25) is 0 Å². The molecular formula is C32H33N5O3S. The van der Waals surface area contributed by atoms with E-state index < -0.39 is 0 Å². The number of urea groups is 1. The van der Waals surface area contributed by atoms with E-state index in [1.807, 2.05) is 70.6 Å². The Bertz CT molecular complexity index is 1610. The Morgan fingerprint density at radius 2 is 1.80 bits per heavy atom. The van der Waals surface area contributed by atoms with Gasteiger partial charge in [-0.2, -0.15) is 0 Å². The number of nitrogens with one attached hydrogen (secondary N) is 3. The predicted octanol–water partition coefficient (Wildman–Crippen LogP) is 5.67. The first kappa shape index (κ1) is 26.8. The summed E-state index contributed by atoms with van der Waals surface area (Å²) in [5, 5.41) is 10.9. The second kappa shape index (κ2) is 11.6. The summed E-state index contributed by atoms with van der Waals surface area (Å²) < 4.78 is 1.91. The topological polar surface area (TPSA) is 95.5 Å². The van der Waals surface area contributed by atoms with Gasteiger partial charge in [0.25, 0.3) is 11.5 Å². The monoisotopic (exact) mass is 567 g/mol. The van der Waals surface area contributed by atoms with Gasteiger partial charge >= 0.3 is 6.03 Å². The molecule has 9 heteroatoms. The molecule has 0 radical (unpaired) electrons. The molecule has 0 unspecified atom stereocenters. The Labute approximate surface area is 243 Å². The largest absolute Gasteiger partial charge is 0.369 e. The standard InChI is InChI=1S/C32H33N5O3S/c1-2-21-8-11-25(12-9-21)34-32(40)35-27-16-23(31(39)33-17-26-5-4-14-41-26)10-13-29(27)36-18-22-15-24(20-36)28-6-3-7-30(38)37(28)19-22/h3-14,16,22,24H,2,15,17-20H2,1H3,(H,33,39)(H2,34,35,40)/t22-,24+/m1/s1. The van der Waals surface area contributed by atoms with Crippen LogP contribution in [0.25, 0.3) is 0 Å². The molecule has 6 rings (SSSR count). The first-order valence-corrected chi connectivity index (χ1v) is 14.9. The zero-order valence-corrected chi connectivity index (χ0v) is 23.7. The number of nitrogens with zero attached hydrogens (tertiary/aromatic N) is 2. The molecule has 3 amide bonds. The number of benzene rings is 2. The van der Waals surface area contributed by atoms with Gasteiger partial charge in [-0.1, -0.05) is 31.2 Å². The number of rotatable bonds is 7. The zero-order valence-electron chi connectivity index (χ0n) is 22.9. The van der Waals surface area contributed by atoms with Crippen LogP contribution >= 0.6 is 11.3 Å². The normalized spacial score (nSPS) is 17.4. The molecule has 2 aromatic carbocycles. The fraction of sp³-hybridized carbons (Fsp3) is 0.281. The molecule has 1 saturated heterocycles. The Kier molecular flexibility index (Phi) is 7.61. The van der Waals surface area contributed by atoms with Gasteiger partial charge in [0, 0.05) is 53.4 Å². The fourth-order valence-corrected chi connectivity index (χ4v) is 6.58. The number of carbonyl (C=O) groups is 2. The molecule has 4 heterocycles. The number of hydrogen-bond acceptors (Lipinski definition) is 5. The van der Waals surface area contributed by atoms with E-state index in [0.29, 0.717) is 35.9 Å². The van der Waals surface area contributed by atoms with Gasteiger partial charge < -0.3 is 25.4 Å². The number of anilines is 3. The number of thiophene rings is 1. The molecule has 0 spiro atoms. The Morgan fingerprint density at radius 1 is 0.951 bits per heavy atom. The minimum absolute atomic E-state index is 0.0505. The van der Waals surface area contributed by atoms with Gasteiger partial charge in [0.15, 0.2) is 0 Å². The number of carbonyl (C=O) groups excluding carboxylic acids is 2. The van der Waals surface area contributed by atoms with Crippen LogP contribution in [0.3, 0.4) is 0 Å². The second-order valence-electron chi connectivity index (χ2n) is 10.7. The summed E-state index contributed by atoms with van der Waals surface area (Å²) in [5.74, 6) is 0.324. The summed E-state index contributed by atoms with van der Waals surface area (Å²) in [7, 11) is 0. The third-order valence-corrected chi connectivity index (χ3v) is 8.83. The molecule has 210 valence electrons. The SMILES string of the molecule is CCc1ccc(NC(=O)Nc2cc(C(=O)NCc3cccs3)ccc2N2C[C@H]3C[C@@H](C2)c2cccc(=O)n2C3)cc1. The van der Waals surface area contributed by atoms with E-state index in [9.17, 15) is 14.4 Å². The highest BCUT2D eigenvalue weighted by Gasteiger charge is 2.35. The summed E-state index contributed by atoms with van der Waals surface area (Å²) in [6, 6.07) is 22.3. The molecule has 2 aliphatic rings. The van der Waals surface area contributed by atoms with Crippen LogP contribution in [0.4, 0.5) is 21.9 Å². The maximum atomic E-state index is 13.2. The van der Waals surface area contributed by atoms with E-state index in [1.165, 1.54) is 5.56 Å². The van der Waals surface area contributed by atoms with E-state index in [-0.39, 0.29) is 23.4 Å². The minimum Gasteiger partial charge on any atom is -0.369 e. The third kappa shape index (κ3) is 5.90. The fourth-order valence-electron chi connectivity index (χ4n) is 5.94. The van der Waals surface area contributed by atoms with E-state index in [1.54, 1.807) is 23.5 Å². The molecule has 4 aromatic rings. The van der Waals surface area contributed by atoms with Crippen LogP contribution in [-0.2, 0) is 19.5 Å². The van der Waals surface area contributed by atoms with E-state index in [2.05, 4.69) is 27.8 Å². The zero-order chi connectivity index (χ0) is 28.3. The molecule has 1 fully saturated rings. The van der Waals surface area contributed by atoms with Crippen molar-refractivity contribution >= 4 is 40.3 Å². The molecule has 0 aliphatic carbocycles. The van der Waals surface area contributed by atoms with Gasteiger partial charge in [0.05, 0.1) is 17.9 Å². The van der Waals surface area contributed by atoms with Crippen molar-refractivity contribution in [1.29, 1.82) is 0 Å². The minimum atomic E-state index is -0.374. The highest BCUT2D eigenvalue weighted by molar-refractivity contribution is 7.09. The van der Waals surface area contributed by atoms with E-state index in [0.717, 1.165) is 42.2 Å². The number of fused-ring (bicyclic) bond motifs is 4. The lowest BCUT2D eigenvalue weighted by molar-refractivity contribution is 0.0951. The van der Waals surface area contributed by atoms with E-state index in [4.69, 9.17) is 0 Å². The number of hydrogen-bond donors (Lipinski definition) is 3. The molecule has 3 N–H and O–H groups in total. The van der Waals surface area contributed by atoms with Crippen LogP contribution in [-0.4, -0.2) is 29.6 Å². The molecule has 2 bridgehead atoms.